The van der Waals surface area contributed by atoms with E-state index in [4.69, 9.17) is 0 Å². The van der Waals surface area contributed by atoms with Crippen molar-refractivity contribution < 1.29 is 0 Å². The summed E-state index contributed by atoms with van der Waals surface area (Å²) in [5.74, 6) is 0. The van der Waals surface area contributed by atoms with E-state index in [1.807, 2.05) is 0 Å². The Kier molecular flexibility index (Phi) is 7.17. The zero-order valence-corrected chi connectivity index (χ0v) is 29.8. The number of fused-ring (bicyclic) bond motifs is 15. The number of allylic oxidation sites excluding steroid dienone is 4. The summed E-state index contributed by atoms with van der Waals surface area (Å²) in [4.78, 5) is 0. The maximum atomic E-state index is 4.04. The van der Waals surface area contributed by atoms with Crippen molar-refractivity contribution in [2.24, 2.45) is 0 Å². The molecule has 1 atom stereocenters. The summed E-state index contributed by atoms with van der Waals surface area (Å²) in [7, 11) is 0. The first-order valence-corrected chi connectivity index (χ1v) is 19.0. The van der Waals surface area contributed by atoms with Gasteiger partial charge in [0.1, 0.15) is 6.17 Å². The molecule has 2 heterocycles. The van der Waals surface area contributed by atoms with Gasteiger partial charge in [-0.1, -0.05) is 158 Å². The smallest absolute Gasteiger partial charge is 0.118 e. The second-order valence-electron chi connectivity index (χ2n) is 14.5. The summed E-state index contributed by atoms with van der Waals surface area (Å²) in [6.45, 7) is 0.729. The number of nitrogens with one attached hydrogen (secondary N) is 2. The zero-order valence-electron chi connectivity index (χ0n) is 29.8. The van der Waals surface area contributed by atoms with Crippen molar-refractivity contribution in [3.05, 3.63) is 187 Å². The van der Waals surface area contributed by atoms with Crippen LogP contribution < -0.4 is 10.7 Å². The Morgan fingerprint density at radius 2 is 1.04 bits per heavy atom. The largest absolute Gasteiger partial charge is 0.312 e. The minimum absolute atomic E-state index is 0.158. The van der Waals surface area contributed by atoms with E-state index in [-0.39, 0.29) is 6.17 Å². The molecule has 54 heavy (non-hydrogen) atoms. The van der Waals surface area contributed by atoms with Gasteiger partial charge in [-0.3, -0.25) is 9.99 Å². The van der Waals surface area contributed by atoms with E-state index < -0.39 is 0 Å². The Morgan fingerprint density at radius 3 is 1.70 bits per heavy atom. The molecule has 4 heteroatoms. The van der Waals surface area contributed by atoms with Crippen LogP contribution in [0.25, 0.3) is 81.6 Å². The average Bonchev–Trinajstić information content (AvgIpc) is 3.77. The lowest BCUT2D eigenvalue weighted by molar-refractivity contribution is 0.546. The third-order valence-electron chi connectivity index (χ3n) is 11.4. The van der Waals surface area contributed by atoms with Crippen molar-refractivity contribution in [3.63, 3.8) is 0 Å². The summed E-state index contributed by atoms with van der Waals surface area (Å²) in [6, 6.07) is 57.5. The molecule has 4 nitrogen and oxygen atoms in total. The Balaban J connectivity index is 1.29. The molecular weight excluding hydrogens is 657 g/mol. The molecule has 0 fully saturated rings. The number of benzene rings is 8. The number of aromatic nitrogens is 2. The standard InChI is InChI=1S/C50H38N4/c1-4-18-33(19-5-1)32-51-50(34-20-6-2-7-21-34)52-54-43-31-17-15-29-41(43)47-45-36-24-10-12-26-38(36)48-46(44(45)37-25-11-13-27-39(37)49(47)54)40-28-14-16-30-42(40)53(48)35-22-8-3-9-23-35/h1-8,10-22,24-31,50-52H,9,23,32H2. The molecule has 11 rings (SSSR count). The molecule has 1 unspecified atom stereocenters. The summed E-state index contributed by atoms with van der Waals surface area (Å²) in [5, 5.41) is 16.7. The van der Waals surface area contributed by atoms with Crippen LogP contribution in [0, 0.1) is 0 Å². The zero-order chi connectivity index (χ0) is 35.6. The van der Waals surface area contributed by atoms with Crippen LogP contribution in [0.3, 0.4) is 0 Å². The summed E-state index contributed by atoms with van der Waals surface area (Å²) in [6.07, 6.45) is 8.71. The van der Waals surface area contributed by atoms with Gasteiger partial charge in [-0.2, -0.15) is 0 Å². The first-order chi connectivity index (χ1) is 26.8. The van der Waals surface area contributed by atoms with Crippen molar-refractivity contribution in [1.29, 1.82) is 0 Å². The lowest BCUT2D eigenvalue weighted by atomic mass is 9.89. The number of hydrogen-bond donors (Lipinski definition) is 2. The second-order valence-corrected chi connectivity index (χ2v) is 14.5. The number of rotatable bonds is 7. The van der Waals surface area contributed by atoms with Gasteiger partial charge in [0, 0.05) is 55.3 Å². The molecule has 2 N–H and O–H groups in total. The summed E-state index contributed by atoms with van der Waals surface area (Å²) < 4.78 is 4.92. The lowest BCUT2D eigenvalue weighted by Gasteiger charge is -2.24. The topological polar surface area (TPSA) is 33.9 Å². The molecule has 258 valence electrons. The number of hydrogen-bond acceptors (Lipinski definition) is 2. The quantitative estimate of drug-likeness (QED) is 0.129. The van der Waals surface area contributed by atoms with E-state index >= 15 is 0 Å². The molecule has 0 aliphatic heterocycles. The third-order valence-corrected chi connectivity index (χ3v) is 11.4. The highest BCUT2D eigenvalue weighted by Gasteiger charge is 2.26. The van der Waals surface area contributed by atoms with Gasteiger partial charge in [-0.05, 0) is 52.9 Å². The van der Waals surface area contributed by atoms with Crippen molar-refractivity contribution in [2.45, 2.75) is 25.6 Å². The van der Waals surface area contributed by atoms with Gasteiger partial charge in [0.25, 0.3) is 0 Å². The molecule has 0 amide bonds. The van der Waals surface area contributed by atoms with Gasteiger partial charge in [0.15, 0.2) is 0 Å². The molecule has 1 aliphatic rings. The van der Waals surface area contributed by atoms with E-state index in [0.717, 1.165) is 24.9 Å². The highest BCUT2D eigenvalue weighted by Crippen LogP contribution is 2.50. The van der Waals surface area contributed by atoms with E-state index in [9.17, 15) is 0 Å². The van der Waals surface area contributed by atoms with Crippen LogP contribution in [-0.4, -0.2) is 9.24 Å². The second kappa shape index (κ2) is 12.5. The highest BCUT2D eigenvalue weighted by atomic mass is 15.5. The minimum atomic E-state index is -0.158. The maximum Gasteiger partial charge on any atom is 0.118 e. The Morgan fingerprint density at radius 1 is 0.500 bits per heavy atom. The number of nitrogens with zero attached hydrogens (tertiary/aromatic N) is 2. The third kappa shape index (κ3) is 4.67. The normalized spacial score (nSPS) is 13.9. The predicted molar refractivity (Wildman–Crippen MR) is 229 cm³/mol. The van der Waals surface area contributed by atoms with E-state index in [0.29, 0.717) is 0 Å². The first-order valence-electron chi connectivity index (χ1n) is 19.0. The monoisotopic (exact) mass is 694 g/mol. The first kappa shape index (κ1) is 31.0. The fraction of sp³-hybridized carbons (Fsp3) is 0.0800. The van der Waals surface area contributed by atoms with Crippen LogP contribution in [0.2, 0.25) is 0 Å². The van der Waals surface area contributed by atoms with Crippen molar-refractivity contribution in [1.82, 2.24) is 14.6 Å². The summed E-state index contributed by atoms with van der Waals surface area (Å²) >= 11 is 0. The predicted octanol–water partition coefficient (Wildman–Crippen LogP) is 12.6. The Bertz CT molecular complexity index is 3130. The van der Waals surface area contributed by atoms with Gasteiger partial charge in [0.05, 0.1) is 22.1 Å². The molecule has 0 saturated carbocycles. The van der Waals surface area contributed by atoms with Crippen molar-refractivity contribution in [2.75, 3.05) is 5.43 Å². The van der Waals surface area contributed by atoms with Crippen LogP contribution in [0.15, 0.2) is 176 Å². The van der Waals surface area contributed by atoms with Crippen LogP contribution in [-0.2, 0) is 6.54 Å². The maximum absolute atomic E-state index is 4.04. The lowest BCUT2D eigenvalue weighted by Crippen LogP contribution is -2.32. The minimum Gasteiger partial charge on any atom is -0.312 e. The van der Waals surface area contributed by atoms with E-state index in [1.54, 1.807) is 0 Å². The molecule has 8 aromatic carbocycles. The van der Waals surface area contributed by atoms with Gasteiger partial charge in [0.2, 0.25) is 0 Å². The van der Waals surface area contributed by atoms with E-state index in [2.05, 4.69) is 196 Å². The van der Waals surface area contributed by atoms with Crippen LogP contribution in [0.4, 0.5) is 0 Å². The van der Waals surface area contributed by atoms with Gasteiger partial charge >= 0.3 is 0 Å². The van der Waals surface area contributed by atoms with Gasteiger partial charge < -0.3 is 9.99 Å². The van der Waals surface area contributed by atoms with Crippen molar-refractivity contribution in [3.8, 4) is 0 Å². The molecule has 1 aliphatic carbocycles. The Labute approximate surface area is 313 Å². The molecule has 0 saturated heterocycles. The average molecular weight is 695 g/mol. The number of para-hydroxylation sites is 2. The van der Waals surface area contributed by atoms with Crippen LogP contribution in [0.5, 0.6) is 0 Å². The molecular formula is C50H38N4. The molecule has 10 aromatic rings. The van der Waals surface area contributed by atoms with E-state index in [1.165, 1.54) is 87.2 Å². The molecule has 0 bridgehead atoms. The van der Waals surface area contributed by atoms with Gasteiger partial charge in [-0.25, -0.2) is 0 Å². The molecule has 2 aromatic heterocycles. The fourth-order valence-corrected chi connectivity index (χ4v) is 9.14. The van der Waals surface area contributed by atoms with Crippen LogP contribution in [0.1, 0.15) is 30.1 Å². The van der Waals surface area contributed by atoms with Crippen LogP contribution >= 0.6 is 0 Å². The molecule has 0 spiro atoms. The molecule has 0 radical (unpaired) electrons. The van der Waals surface area contributed by atoms with Crippen molar-refractivity contribution >= 4 is 81.6 Å². The van der Waals surface area contributed by atoms with Gasteiger partial charge in [-0.15, -0.1) is 0 Å². The highest BCUT2D eigenvalue weighted by molar-refractivity contribution is 6.45. The summed E-state index contributed by atoms with van der Waals surface area (Å²) in [5.41, 5.74) is 12.7. The fourth-order valence-electron chi connectivity index (χ4n) is 9.14. The SMILES string of the molecule is C1=CCCC(n2c3ccccc3c3c4c5ccccc5c5c(c6ccccc6n5NC(NCc5ccccc5)c5ccccc5)c4c4ccccc4c32)=C1. The Hall–Kier alpha value is -6.62.